The van der Waals surface area contributed by atoms with Crippen LogP contribution in [0.2, 0.25) is 0 Å². The predicted octanol–water partition coefficient (Wildman–Crippen LogP) is 5.75. The number of carbonyl (C=O) groups is 1. The summed E-state index contributed by atoms with van der Waals surface area (Å²) in [5.74, 6) is 1.59. The molecule has 4 aliphatic rings. The van der Waals surface area contributed by atoms with E-state index < -0.39 is 18.2 Å². The highest BCUT2D eigenvalue weighted by atomic mass is 19.4. The van der Waals surface area contributed by atoms with Crippen molar-refractivity contribution in [1.29, 1.82) is 0 Å². The Labute approximate surface area is 202 Å². The Hall–Kier alpha value is -2.84. The lowest BCUT2D eigenvalue weighted by molar-refractivity contribution is -0.181. The molecule has 186 valence electrons. The SMILES string of the molecule is CC(C)OC(=O)c1ccc(NC23CC4CC5CC(C2)C53C4)c(NC(c2cncnc2)C(F)(F)F)c1. The summed E-state index contributed by atoms with van der Waals surface area (Å²) in [6, 6.07) is 2.78. The second-order valence-electron chi connectivity index (χ2n) is 11.1. The molecule has 0 amide bonds. The molecule has 4 fully saturated rings. The third kappa shape index (κ3) is 3.33. The Kier molecular flexibility index (Phi) is 4.90. The maximum Gasteiger partial charge on any atom is 0.412 e. The van der Waals surface area contributed by atoms with E-state index in [9.17, 15) is 18.0 Å². The fourth-order valence-electron chi connectivity index (χ4n) is 7.81. The van der Waals surface area contributed by atoms with Gasteiger partial charge in [0, 0.05) is 23.5 Å². The molecule has 1 spiro atoms. The third-order valence-corrected chi connectivity index (χ3v) is 8.91. The van der Waals surface area contributed by atoms with Crippen molar-refractivity contribution in [2.45, 2.75) is 69.8 Å². The summed E-state index contributed by atoms with van der Waals surface area (Å²) in [7, 11) is 0. The van der Waals surface area contributed by atoms with E-state index in [4.69, 9.17) is 4.74 Å². The number of benzene rings is 1. The van der Waals surface area contributed by atoms with Crippen LogP contribution < -0.4 is 10.6 Å². The summed E-state index contributed by atoms with van der Waals surface area (Å²) < 4.78 is 47.8. The van der Waals surface area contributed by atoms with Gasteiger partial charge in [0.25, 0.3) is 0 Å². The first-order valence-electron chi connectivity index (χ1n) is 12.3. The molecular formula is C26H29F3N4O2. The molecule has 0 radical (unpaired) electrons. The number of alkyl halides is 3. The Morgan fingerprint density at radius 3 is 2.51 bits per heavy atom. The average molecular weight is 487 g/mol. The minimum absolute atomic E-state index is 0.0660. The normalized spacial score (nSPS) is 32.9. The summed E-state index contributed by atoms with van der Waals surface area (Å²) in [4.78, 5) is 20.1. The van der Waals surface area contributed by atoms with Gasteiger partial charge in [-0.2, -0.15) is 13.2 Å². The van der Waals surface area contributed by atoms with Crippen LogP contribution in [0.1, 0.15) is 67.9 Å². The molecule has 0 aliphatic heterocycles. The number of carbonyl (C=O) groups excluding carboxylic acids is 1. The number of nitrogens with zero attached hydrogens (tertiary/aromatic N) is 2. The molecule has 35 heavy (non-hydrogen) atoms. The largest absolute Gasteiger partial charge is 0.459 e. The molecule has 1 aromatic carbocycles. The van der Waals surface area contributed by atoms with Gasteiger partial charge in [-0.3, -0.25) is 0 Å². The Morgan fingerprint density at radius 2 is 1.86 bits per heavy atom. The van der Waals surface area contributed by atoms with Crippen LogP contribution in [-0.4, -0.2) is 33.8 Å². The maximum atomic E-state index is 14.2. The van der Waals surface area contributed by atoms with Gasteiger partial charge in [-0.1, -0.05) is 0 Å². The highest BCUT2D eigenvalue weighted by Crippen LogP contribution is 2.83. The van der Waals surface area contributed by atoms with Crippen LogP contribution in [0.3, 0.4) is 0 Å². The second kappa shape index (κ2) is 7.58. The number of rotatable bonds is 7. The van der Waals surface area contributed by atoms with Gasteiger partial charge in [-0.25, -0.2) is 14.8 Å². The second-order valence-corrected chi connectivity index (χ2v) is 11.1. The lowest BCUT2D eigenvalue weighted by Crippen LogP contribution is -2.73. The Balaban J connectivity index is 1.36. The van der Waals surface area contributed by atoms with Crippen molar-refractivity contribution >= 4 is 17.3 Å². The molecule has 9 heteroatoms. The van der Waals surface area contributed by atoms with Crippen LogP contribution in [0, 0.1) is 23.2 Å². The van der Waals surface area contributed by atoms with Crippen molar-refractivity contribution in [2.24, 2.45) is 23.2 Å². The van der Waals surface area contributed by atoms with Crippen LogP contribution in [0.25, 0.3) is 0 Å². The number of nitrogens with one attached hydrogen (secondary N) is 2. The van der Waals surface area contributed by atoms with Gasteiger partial charge in [0.1, 0.15) is 6.33 Å². The van der Waals surface area contributed by atoms with E-state index in [0.717, 1.165) is 37.1 Å². The topological polar surface area (TPSA) is 76.1 Å². The van der Waals surface area contributed by atoms with Crippen molar-refractivity contribution in [2.75, 3.05) is 10.6 Å². The number of hydrogen-bond acceptors (Lipinski definition) is 6. The van der Waals surface area contributed by atoms with Crippen LogP contribution in [0.15, 0.2) is 36.9 Å². The van der Waals surface area contributed by atoms with Gasteiger partial charge >= 0.3 is 12.1 Å². The molecule has 2 aromatic rings. The molecule has 2 N–H and O–H groups in total. The van der Waals surface area contributed by atoms with Crippen molar-refractivity contribution in [3.05, 3.63) is 48.0 Å². The zero-order valence-corrected chi connectivity index (χ0v) is 19.7. The summed E-state index contributed by atoms with van der Waals surface area (Å²) in [5.41, 5.74) is 1.14. The van der Waals surface area contributed by atoms with E-state index in [1.165, 1.54) is 31.7 Å². The maximum absolute atomic E-state index is 14.2. The zero-order chi connectivity index (χ0) is 24.6. The van der Waals surface area contributed by atoms with E-state index in [0.29, 0.717) is 17.0 Å². The van der Waals surface area contributed by atoms with E-state index in [1.54, 1.807) is 26.0 Å². The quantitative estimate of drug-likeness (QED) is 0.486. The molecule has 0 saturated heterocycles. The van der Waals surface area contributed by atoms with Gasteiger partial charge in [-0.05, 0) is 87.3 Å². The highest BCUT2D eigenvalue weighted by Gasteiger charge is 2.80. The predicted molar refractivity (Wildman–Crippen MR) is 124 cm³/mol. The number of aromatic nitrogens is 2. The van der Waals surface area contributed by atoms with Crippen LogP contribution >= 0.6 is 0 Å². The first kappa shape index (κ1) is 22.6. The molecule has 2 bridgehead atoms. The molecule has 6 unspecified atom stereocenters. The molecule has 4 aliphatic carbocycles. The van der Waals surface area contributed by atoms with Gasteiger partial charge in [0.2, 0.25) is 0 Å². The van der Waals surface area contributed by atoms with Crippen LogP contribution in [0.5, 0.6) is 0 Å². The van der Waals surface area contributed by atoms with Gasteiger partial charge in [0.15, 0.2) is 6.04 Å². The summed E-state index contributed by atoms with van der Waals surface area (Å²) in [6.45, 7) is 3.47. The van der Waals surface area contributed by atoms with E-state index in [1.807, 2.05) is 0 Å². The number of halogens is 3. The Morgan fingerprint density at radius 1 is 1.09 bits per heavy atom. The first-order valence-corrected chi connectivity index (χ1v) is 12.3. The minimum Gasteiger partial charge on any atom is -0.459 e. The zero-order valence-electron chi connectivity index (χ0n) is 19.7. The summed E-state index contributed by atoms with van der Waals surface area (Å²) in [6.07, 6.45) is 4.50. The van der Waals surface area contributed by atoms with Crippen molar-refractivity contribution < 1.29 is 22.7 Å². The van der Waals surface area contributed by atoms with Crippen LogP contribution in [-0.2, 0) is 4.74 Å². The number of anilines is 2. The lowest BCUT2D eigenvalue weighted by atomic mass is 9.35. The van der Waals surface area contributed by atoms with Crippen molar-refractivity contribution in [3.8, 4) is 0 Å². The fourth-order valence-corrected chi connectivity index (χ4v) is 7.81. The van der Waals surface area contributed by atoms with E-state index >= 15 is 0 Å². The smallest absolute Gasteiger partial charge is 0.412 e. The minimum atomic E-state index is -4.60. The van der Waals surface area contributed by atoms with E-state index in [2.05, 4.69) is 20.6 Å². The molecule has 6 nitrogen and oxygen atoms in total. The molecule has 4 saturated carbocycles. The molecule has 1 aromatic heterocycles. The van der Waals surface area contributed by atoms with Gasteiger partial charge in [0.05, 0.1) is 23.0 Å². The summed E-state index contributed by atoms with van der Waals surface area (Å²) in [5, 5.41) is 6.38. The van der Waals surface area contributed by atoms with Crippen molar-refractivity contribution in [3.63, 3.8) is 0 Å². The number of fused-ring (bicyclic) bond motifs is 1. The number of esters is 1. The monoisotopic (exact) mass is 486 g/mol. The molecule has 1 heterocycles. The van der Waals surface area contributed by atoms with E-state index in [-0.39, 0.29) is 28.5 Å². The molecule has 6 rings (SSSR count). The molecular weight excluding hydrogens is 457 g/mol. The Bertz CT molecular complexity index is 1160. The number of ether oxygens (including phenoxy) is 1. The van der Waals surface area contributed by atoms with Crippen molar-refractivity contribution in [1.82, 2.24) is 9.97 Å². The molecule has 6 atom stereocenters. The fraction of sp³-hybridized carbons (Fsp3) is 0.577. The van der Waals surface area contributed by atoms with Gasteiger partial charge < -0.3 is 15.4 Å². The number of hydrogen-bond donors (Lipinski definition) is 2. The highest BCUT2D eigenvalue weighted by molar-refractivity contribution is 5.92. The van der Waals surface area contributed by atoms with Gasteiger partial charge in [-0.15, -0.1) is 0 Å². The third-order valence-electron chi connectivity index (χ3n) is 8.91. The lowest BCUT2D eigenvalue weighted by Gasteiger charge is -2.73. The first-order chi connectivity index (χ1) is 16.6. The summed E-state index contributed by atoms with van der Waals surface area (Å²) >= 11 is 0. The average Bonchev–Trinajstić information content (AvgIpc) is 3.27. The van der Waals surface area contributed by atoms with Crippen LogP contribution in [0.4, 0.5) is 24.5 Å². The standard InChI is InChI=1S/C26H29F3N4O2/c1-14(2)35-23(34)16-3-4-20(33-24-8-15-5-18-7-19(10-24)25(18,24)9-15)21(6-16)32-22(26(27,28)29)17-11-30-13-31-12-17/h3-4,6,11-15,18-19,22,32-33H,5,7-10H2,1-2H3.